The zero-order chi connectivity index (χ0) is 14.7. The molecule has 0 aliphatic rings. The van der Waals surface area contributed by atoms with Crippen LogP contribution in [0.2, 0.25) is 0 Å². The first-order valence-corrected chi connectivity index (χ1v) is 8.65. The molecule has 0 saturated heterocycles. The molecule has 0 fully saturated rings. The predicted molar refractivity (Wildman–Crippen MR) is 105 cm³/mol. The van der Waals surface area contributed by atoms with Crippen molar-refractivity contribution in [3.63, 3.8) is 0 Å². The summed E-state index contributed by atoms with van der Waals surface area (Å²) in [7, 11) is 0. The molecule has 122 valence electrons. The Kier molecular flexibility index (Phi) is 12.4. The van der Waals surface area contributed by atoms with E-state index in [-0.39, 0.29) is 24.0 Å². The molecule has 21 heavy (non-hydrogen) atoms. The Labute approximate surface area is 149 Å². The summed E-state index contributed by atoms with van der Waals surface area (Å²) in [6.07, 6.45) is 8.02. The summed E-state index contributed by atoms with van der Waals surface area (Å²) in [6, 6.07) is 11.1. The highest BCUT2D eigenvalue weighted by molar-refractivity contribution is 14.0. The molecule has 0 saturated carbocycles. The molecule has 0 heterocycles. The van der Waals surface area contributed by atoms with Crippen LogP contribution in [0.1, 0.15) is 64.9 Å². The molecule has 0 unspecified atom stereocenters. The summed E-state index contributed by atoms with van der Waals surface area (Å²) in [5.74, 6) is 0. The van der Waals surface area contributed by atoms with Crippen molar-refractivity contribution in [3.05, 3.63) is 35.9 Å². The Bertz CT molecular complexity index is 315. The van der Waals surface area contributed by atoms with E-state index in [9.17, 15) is 0 Å². The molecule has 0 radical (unpaired) electrons. The summed E-state index contributed by atoms with van der Waals surface area (Å²) in [5.41, 5.74) is 1.51. The van der Waals surface area contributed by atoms with Crippen LogP contribution in [-0.2, 0) is 6.54 Å². The van der Waals surface area contributed by atoms with E-state index in [0.717, 1.165) is 0 Å². The Morgan fingerprint density at radius 1 is 0.714 bits per heavy atom. The molecule has 0 amide bonds. The van der Waals surface area contributed by atoms with Gasteiger partial charge in [0.1, 0.15) is 6.54 Å². The minimum absolute atomic E-state index is 0. The molecule has 0 aliphatic carbocycles. The lowest BCUT2D eigenvalue weighted by molar-refractivity contribution is -0.941. The molecule has 0 N–H and O–H groups in total. The van der Waals surface area contributed by atoms with Crippen LogP contribution in [-0.4, -0.2) is 24.1 Å². The Hall–Kier alpha value is -0.0900. The molecule has 0 aliphatic heterocycles. The molecule has 1 aromatic carbocycles. The second kappa shape index (κ2) is 12.5. The fraction of sp³-hybridized carbons (Fsp3) is 0.684. The second-order valence-electron chi connectivity index (χ2n) is 6.22. The first-order chi connectivity index (χ1) is 9.76. The van der Waals surface area contributed by atoms with Crippen molar-refractivity contribution < 1.29 is 4.48 Å². The maximum atomic E-state index is 2.32. The molecular formula is C19H35IN+. The minimum Gasteiger partial charge on any atom is -0.320 e. The van der Waals surface area contributed by atoms with Crippen LogP contribution >= 0.6 is 24.0 Å². The lowest BCUT2D eigenvalue weighted by Gasteiger charge is -2.39. The summed E-state index contributed by atoms with van der Waals surface area (Å²) >= 11 is 0. The van der Waals surface area contributed by atoms with E-state index in [1.54, 1.807) is 0 Å². The molecule has 0 atom stereocenters. The van der Waals surface area contributed by atoms with Gasteiger partial charge in [-0.1, -0.05) is 70.4 Å². The van der Waals surface area contributed by atoms with E-state index < -0.39 is 0 Å². The quantitative estimate of drug-likeness (QED) is 0.312. The van der Waals surface area contributed by atoms with Crippen LogP contribution in [0, 0.1) is 0 Å². The van der Waals surface area contributed by atoms with Gasteiger partial charge in [0, 0.05) is 5.56 Å². The summed E-state index contributed by atoms with van der Waals surface area (Å²) in [5, 5.41) is 0. The van der Waals surface area contributed by atoms with Crippen LogP contribution in [0.4, 0.5) is 0 Å². The summed E-state index contributed by atoms with van der Waals surface area (Å²) in [6.45, 7) is 12.2. The third-order valence-electron chi connectivity index (χ3n) is 4.32. The van der Waals surface area contributed by atoms with Crippen LogP contribution in [0.3, 0.4) is 0 Å². The average Bonchev–Trinajstić information content (AvgIpc) is 2.49. The number of rotatable bonds is 11. The molecule has 2 heteroatoms. The normalized spacial score (nSPS) is 11.2. The van der Waals surface area contributed by atoms with Gasteiger partial charge in [0.15, 0.2) is 0 Å². The Balaban J connectivity index is 0.00000400. The van der Waals surface area contributed by atoms with Gasteiger partial charge < -0.3 is 4.48 Å². The maximum Gasteiger partial charge on any atom is 0.104 e. The van der Waals surface area contributed by atoms with Gasteiger partial charge in [-0.2, -0.15) is 0 Å². The van der Waals surface area contributed by atoms with Crippen LogP contribution in [0.15, 0.2) is 30.3 Å². The van der Waals surface area contributed by atoms with Crippen molar-refractivity contribution in [2.45, 2.75) is 65.8 Å². The van der Waals surface area contributed by atoms with Crippen LogP contribution < -0.4 is 0 Å². The topological polar surface area (TPSA) is 0 Å². The van der Waals surface area contributed by atoms with Gasteiger partial charge in [0.25, 0.3) is 0 Å². The zero-order valence-corrected chi connectivity index (χ0v) is 16.6. The van der Waals surface area contributed by atoms with E-state index in [1.807, 2.05) is 0 Å². The van der Waals surface area contributed by atoms with Gasteiger partial charge in [-0.25, -0.2) is 0 Å². The molecule has 0 spiro atoms. The summed E-state index contributed by atoms with van der Waals surface area (Å²) < 4.78 is 1.31. The first kappa shape index (κ1) is 20.9. The third-order valence-corrected chi connectivity index (χ3v) is 4.32. The van der Waals surface area contributed by atoms with Crippen LogP contribution in [0.25, 0.3) is 0 Å². The molecular weight excluding hydrogens is 369 g/mol. The zero-order valence-electron chi connectivity index (χ0n) is 14.3. The smallest absolute Gasteiger partial charge is 0.104 e. The van der Waals surface area contributed by atoms with Gasteiger partial charge >= 0.3 is 0 Å². The van der Waals surface area contributed by atoms with Crippen molar-refractivity contribution in [1.29, 1.82) is 0 Å². The van der Waals surface area contributed by atoms with E-state index in [1.165, 1.54) is 74.8 Å². The lowest BCUT2D eigenvalue weighted by Crippen LogP contribution is -2.49. The van der Waals surface area contributed by atoms with Crippen molar-refractivity contribution in [2.24, 2.45) is 0 Å². The van der Waals surface area contributed by atoms with Crippen LogP contribution in [0.5, 0.6) is 0 Å². The van der Waals surface area contributed by atoms with Gasteiger partial charge in [0.2, 0.25) is 0 Å². The minimum atomic E-state index is 0. The molecule has 0 aromatic heterocycles. The largest absolute Gasteiger partial charge is 0.320 e. The number of hydrogen-bond donors (Lipinski definition) is 0. The van der Waals surface area contributed by atoms with E-state index in [2.05, 4.69) is 51.1 Å². The number of quaternary nitrogens is 1. The monoisotopic (exact) mass is 404 g/mol. The average molecular weight is 404 g/mol. The lowest BCUT2D eigenvalue weighted by atomic mass is 10.1. The van der Waals surface area contributed by atoms with Crippen molar-refractivity contribution in [1.82, 2.24) is 0 Å². The van der Waals surface area contributed by atoms with Gasteiger partial charge in [-0.15, -0.1) is 24.0 Å². The number of benzene rings is 1. The van der Waals surface area contributed by atoms with Crippen molar-refractivity contribution in [2.75, 3.05) is 19.6 Å². The van der Waals surface area contributed by atoms with Gasteiger partial charge in [0.05, 0.1) is 19.6 Å². The molecule has 1 aromatic rings. The number of nitrogens with zero attached hydrogens (tertiary/aromatic N) is 1. The standard InChI is InChI=1S/C19H34N.HI/c1-4-7-15-20(16-8-5-2,17-9-6-3)18-19-13-11-10-12-14-19;/h10-14H,4-9,15-18H2,1-3H3;1H/q+1;. The fourth-order valence-electron chi connectivity index (χ4n) is 3.02. The van der Waals surface area contributed by atoms with E-state index >= 15 is 0 Å². The summed E-state index contributed by atoms with van der Waals surface area (Å²) in [4.78, 5) is 0. The molecule has 1 rings (SSSR count). The predicted octanol–water partition coefficient (Wildman–Crippen LogP) is 6.02. The number of halogens is 1. The van der Waals surface area contributed by atoms with Crippen molar-refractivity contribution >= 4 is 24.0 Å². The Morgan fingerprint density at radius 3 is 1.52 bits per heavy atom. The molecule has 0 bridgehead atoms. The van der Waals surface area contributed by atoms with E-state index in [0.29, 0.717) is 0 Å². The molecule has 1 nitrogen and oxygen atoms in total. The highest BCUT2D eigenvalue weighted by Gasteiger charge is 2.25. The number of unbranched alkanes of at least 4 members (excludes halogenated alkanes) is 3. The third kappa shape index (κ3) is 8.20. The number of hydrogen-bond acceptors (Lipinski definition) is 0. The van der Waals surface area contributed by atoms with Gasteiger partial charge in [-0.3, -0.25) is 0 Å². The van der Waals surface area contributed by atoms with Gasteiger partial charge in [-0.05, 0) is 19.3 Å². The fourth-order valence-corrected chi connectivity index (χ4v) is 3.02. The SMILES string of the molecule is CCCC[N+](CCCC)(CCCC)Cc1ccccc1.I. The Morgan fingerprint density at radius 2 is 1.14 bits per heavy atom. The van der Waals surface area contributed by atoms with Crippen molar-refractivity contribution in [3.8, 4) is 0 Å². The maximum absolute atomic E-state index is 2.32. The first-order valence-electron chi connectivity index (χ1n) is 8.65. The highest BCUT2D eigenvalue weighted by Crippen LogP contribution is 2.19. The van der Waals surface area contributed by atoms with E-state index in [4.69, 9.17) is 0 Å². The second-order valence-corrected chi connectivity index (χ2v) is 6.22. The highest BCUT2D eigenvalue weighted by atomic mass is 127.